The van der Waals surface area contributed by atoms with Crippen molar-refractivity contribution in [1.29, 1.82) is 0 Å². The molecular weight excluding hydrogens is 370 g/mol. The molecule has 0 radical (unpaired) electrons. The van der Waals surface area contributed by atoms with Crippen LogP contribution in [0.15, 0.2) is 48.5 Å². The number of nitrogens with zero attached hydrogens (tertiary/aromatic N) is 3. The monoisotopic (exact) mass is 389 g/mol. The molecule has 2 N–H and O–H groups in total. The van der Waals surface area contributed by atoms with Crippen LogP contribution < -0.4 is 10.6 Å². The van der Waals surface area contributed by atoms with Crippen LogP contribution in [0.1, 0.15) is 35.3 Å². The highest BCUT2D eigenvalue weighted by molar-refractivity contribution is 6.01. The van der Waals surface area contributed by atoms with Gasteiger partial charge in [-0.15, -0.1) is 5.10 Å². The average Bonchev–Trinajstić information content (AvgIpc) is 3.12. The maximum atomic E-state index is 12.8. The van der Waals surface area contributed by atoms with Crippen molar-refractivity contribution in [3.8, 4) is 11.4 Å². The Labute approximate surface area is 167 Å². The predicted molar refractivity (Wildman–Crippen MR) is 108 cm³/mol. The van der Waals surface area contributed by atoms with Crippen molar-refractivity contribution in [2.75, 3.05) is 10.6 Å². The third-order valence-corrected chi connectivity index (χ3v) is 4.73. The number of rotatable bonds is 4. The van der Waals surface area contributed by atoms with Crippen LogP contribution in [0.5, 0.6) is 0 Å². The van der Waals surface area contributed by atoms with Gasteiger partial charge in [-0.1, -0.05) is 29.8 Å². The molecule has 0 saturated carbocycles. The summed E-state index contributed by atoms with van der Waals surface area (Å²) in [5.74, 6) is -0.0538. The average molecular weight is 389 g/mol. The van der Waals surface area contributed by atoms with Gasteiger partial charge in [-0.2, -0.15) is 4.98 Å². The van der Waals surface area contributed by atoms with Gasteiger partial charge in [0.05, 0.1) is 6.42 Å². The first-order valence-electron chi connectivity index (χ1n) is 9.16. The minimum Gasteiger partial charge on any atom is -0.324 e. The molecule has 4 rings (SSSR count). The van der Waals surface area contributed by atoms with E-state index in [1.807, 2.05) is 31.2 Å². The third kappa shape index (κ3) is 3.77. The molecule has 8 nitrogen and oxygen atoms in total. The topological polar surface area (TPSA) is 106 Å². The first-order valence-corrected chi connectivity index (χ1v) is 9.16. The van der Waals surface area contributed by atoms with Gasteiger partial charge in [0.2, 0.25) is 17.8 Å². The van der Waals surface area contributed by atoms with E-state index in [1.54, 1.807) is 24.3 Å². The molecule has 29 heavy (non-hydrogen) atoms. The molecule has 0 fully saturated rings. The van der Waals surface area contributed by atoms with E-state index in [1.165, 1.54) is 11.6 Å². The molecule has 0 bridgehead atoms. The van der Waals surface area contributed by atoms with Crippen molar-refractivity contribution >= 4 is 29.2 Å². The van der Waals surface area contributed by atoms with Crippen LogP contribution in [-0.2, 0) is 9.59 Å². The highest BCUT2D eigenvalue weighted by Crippen LogP contribution is 2.27. The largest absolute Gasteiger partial charge is 0.324 e. The van der Waals surface area contributed by atoms with Gasteiger partial charge in [0.1, 0.15) is 6.04 Å². The van der Waals surface area contributed by atoms with Crippen molar-refractivity contribution in [3.63, 3.8) is 0 Å². The van der Waals surface area contributed by atoms with Gasteiger partial charge >= 0.3 is 0 Å². The van der Waals surface area contributed by atoms with Gasteiger partial charge in [-0.25, -0.2) is 4.68 Å². The molecule has 0 unspecified atom stereocenters. The fourth-order valence-electron chi connectivity index (χ4n) is 3.11. The van der Waals surface area contributed by atoms with Crippen molar-refractivity contribution in [3.05, 3.63) is 59.7 Å². The molecule has 0 aliphatic carbocycles. The number of Topliss-reactive ketones (excluding diaryl/α,β-unsaturated/α-hetero) is 1. The normalized spacial score (nSPS) is 15.4. The van der Waals surface area contributed by atoms with Crippen molar-refractivity contribution in [1.82, 2.24) is 14.8 Å². The van der Waals surface area contributed by atoms with Crippen molar-refractivity contribution < 1.29 is 14.4 Å². The van der Waals surface area contributed by atoms with E-state index in [2.05, 4.69) is 20.7 Å². The number of hydrogen-bond acceptors (Lipinski definition) is 5. The number of hydrogen-bond donors (Lipinski definition) is 2. The number of amides is 2. The van der Waals surface area contributed by atoms with Gasteiger partial charge < -0.3 is 5.32 Å². The minimum atomic E-state index is -0.821. The van der Waals surface area contributed by atoms with E-state index in [0.29, 0.717) is 17.1 Å². The van der Waals surface area contributed by atoms with E-state index in [-0.39, 0.29) is 30.0 Å². The molecule has 1 aliphatic rings. The Morgan fingerprint density at radius 2 is 1.79 bits per heavy atom. The maximum Gasteiger partial charge on any atom is 0.249 e. The lowest BCUT2D eigenvalue weighted by Crippen LogP contribution is -2.36. The Balaban J connectivity index is 1.60. The Hall–Kier alpha value is -3.81. The van der Waals surface area contributed by atoms with Gasteiger partial charge in [-0.05, 0) is 38.1 Å². The number of aromatic nitrogens is 3. The summed E-state index contributed by atoms with van der Waals surface area (Å²) in [5, 5.41) is 9.89. The van der Waals surface area contributed by atoms with Crippen LogP contribution in [0, 0.1) is 6.92 Å². The summed E-state index contributed by atoms with van der Waals surface area (Å²) < 4.78 is 1.44. The van der Waals surface area contributed by atoms with Crippen LogP contribution in [0.2, 0.25) is 0 Å². The van der Waals surface area contributed by atoms with Gasteiger partial charge in [0.25, 0.3) is 0 Å². The second-order valence-electron chi connectivity index (χ2n) is 6.96. The molecule has 0 saturated heterocycles. The Kier molecular flexibility index (Phi) is 4.67. The summed E-state index contributed by atoms with van der Waals surface area (Å²) in [7, 11) is 0. The number of carbonyl (C=O) groups excluding carboxylic acids is 3. The zero-order chi connectivity index (χ0) is 20.5. The Morgan fingerprint density at radius 3 is 2.45 bits per heavy atom. The van der Waals surface area contributed by atoms with Crippen molar-refractivity contribution in [2.45, 2.75) is 26.3 Å². The first kappa shape index (κ1) is 18.5. The van der Waals surface area contributed by atoms with Gasteiger partial charge in [0, 0.05) is 16.8 Å². The van der Waals surface area contributed by atoms with Crippen LogP contribution >= 0.6 is 0 Å². The highest BCUT2D eigenvalue weighted by Gasteiger charge is 2.33. The zero-order valence-electron chi connectivity index (χ0n) is 16.0. The van der Waals surface area contributed by atoms with Crippen LogP contribution in [0.4, 0.5) is 11.6 Å². The quantitative estimate of drug-likeness (QED) is 0.667. The fourth-order valence-corrected chi connectivity index (χ4v) is 3.11. The Bertz CT molecular complexity index is 1100. The number of benzene rings is 2. The number of fused-ring (bicyclic) bond motifs is 1. The predicted octanol–water partition coefficient (Wildman–Crippen LogP) is 2.98. The molecule has 1 atom stereocenters. The smallest absolute Gasteiger partial charge is 0.249 e. The number of anilines is 2. The molecule has 2 amide bonds. The van der Waals surface area contributed by atoms with E-state index in [9.17, 15) is 14.4 Å². The number of carbonyl (C=O) groups is 3. The highest BCUT2D eigenvalue weighted by atomic mass is 16.2. The lowest BCUT2D eigenvalue weighted by molar-refractivity contribution is -0.125. The number of nitrogens with one attached hydrogen (secondary N) is 2. The third-order valence-electron chi connectivity index (χ3n) is 4.73. The molecule has 2 heterocycles. The van der Waals surface area contributed by atoms with E-state index < -0.39 is 6.04 Å². The van der Waals surface area contributed by atoms with E-state index in [0.717, 1.165) is 11.1 Å². The number of aryl methyl sites for hydroxylation is 1. The summed E-state index contributed by atoms with van der Waals surface area (Å²) in [6.07, 6.45) is -0.0406. The summed E-state index contributed by atoms with van der Waals surface area (Å²) >= 11 is 0. The lowest BCUT2D eigenvalue weighted by atomic mass is 10.1. The molecular formula is C21H19N5O3. The van der Waals surface area contributed by atoms with Crippen LogP contribution in [-0.4, -0.2) is 32.4 Å². The van der Waals surface area contributed by atoms with E-state index >= 15 is 0 Å². The molecule has 1 aromatic heterocycles. The first-order chi connectivity index (χ1) is 13.9. The molecule has 0 spiro atoms. The minimum absolute atomic E-state index is 0.0406. The van der Waals surface area contributed by atoms with Gasteiger partial charge in [0.15, 0.2) is 11.6 Å². The molecule has 1 aliphatic heterocycles. The van der Waals surface area contributed by atoms with Crippen LogP contribution in [0.3, 0.4) is 0 Å². The zero-order valence-corrected chi connectivity index (χ0v) is 16.0. The molecule has 2 aromatic carbocycles. The summed E-state index contributed by atoms with van der Waals surface area (Å²) in [6.45, 7) is 3.46. The molecule has 146 valence electrons. The van der Waals surface area contributed by atoms with Crippen molar-refractivity contribution in [2.24, 2.45) is 0 Å². The SMILES string of the molecule is CC(=O)c1ccc(NC(=O)[C@@H]2CC(=O)Nc3nc(-c4ccc(C)cc4)nn32)cc1. The Morgan fingerprint density at radius 1 is 1.10 bits per heavy atom. The maximum absolute atomic E-state index is 12.8. The lowest BCUT2D eigenvalue weighted by Gasteiger charge is -2.22. The number of ketones is 1. The van der Waals surface area contributed by atoms with Crippen LogP contribution in [0.25, 0.3) is 11.4 Å². The standard InChI is InChI=1S/C21H19N5O3/c1-12-3-5-15(6-4-12)19-24-21-23-18(28)11-17(26(21)25-19)20(29)22-16-9-7-14(8-10-16)13(2)27/h3-10,17H,11H2,1-2H3,(H,22,29)(H,23,24,25,28)/t17-/m0/s1. The molecule has 8 heteroatoms. The van der Waals surface area contributed by atoms with E-state index in [4.69, 9.17) is 0 Å². The molecule has 3 aromatic rings. The summed E-state index contributed by atoms with van der Waals surface area (Å²) in [5.41, 5.74) is 3.00. The second-order valence-corrected chi connectivity index (χ2v) is 6.96. The fraction of sp³-hybridized carbons (Fsp3) is 0.190. The van der Waals surface area contributed by atoms with Gasteiger partial charge in [-0.3, -0.25) is 19.7 Å². The second kappa shape index (κ2) is 7.31. The summed E-state index contributed by atoms with van der Waals surface area (Å²) in [6, 6.07) is 13.4. The summed E-state index contributed by atoms with van der Waals surface area (Å²) in [4.78, 5) is 40.7.